The maximum Gasteiger partial charge on any atom is 0.181 e. The topological polar surface area (TPSA) is 91.9 Å². The number of aromatic amines is 2. The van der Waals surface area contributed by atoms with E-state index in [0.717, 1.165) is 47.2 Å². The van der Waals surface area contributed by atoms with Crippen LogP contribution >= 0.6 is 0 Å². The third-order valence-corrected chi connectivity index (χ3v) is 7.73. The summed E-state index contributed by atoms with van der Waals surface area (Å²) in [5.74, 6) is 1.64. The minimum atomic E-state index is -0.276. The molecule has 0 fully saturated rings. The molecule has 2 aliphatic heterocycles. The first-order chi connectivity index (χ1) is 19.2. The van der Waals surface area contributed by atoms with Gasteiger partial charge in [-0.2, -0.15) is 10.2 Å². The van der Waals surface area contributed by atoms with Gasteiger partial charge in [0.05, 0.1) is 36.9 Å². The van der Waals surface area contributed by atoms with Gasteiger partial charge in [0.2, 0.25) is 0 Å². The molecule has 2 aromatic carbocycles. The molecule has 1 aliphatic carbocycles. The molecule has 196 valence electrons. The summed E-state index contributed by atoms with van der Waals surface area (Å²) < 4.78 is 25.5. The van der Waals surface area contributed by atoms with Crippen molar-refractivity contribution in [2.75, 3.05) is 13.7 Å². The summed E-state index contributed by atoms with van der Waals surface area (Å²) in [7, 11) is 1.57. The summed E-state index contributed by atoms with van der Waals surface area (Å²) in [6, 6.07) is 11.0. The fraction of sp³-hybridized carbons (Fsp3) is 0.233. The van der Waals surface area contributed by atoms with E-state index in [0.29, 0.717) is 30.2 Å². The van der Waals surface area contributed by atoms with E-state index < -0.39 is 0 Å². The average molecular weight is 523 g/mol. The Kier molecular flexibility index (Phi) is 5.85. The van der Waals surface area contributed by atoms with Crippen LogP contribution in [-0.4, -0.2) is 43.9 Å². The number of hydrogen-bond donors (Lipinski definition) is 2. The van der Waals surface area contributed by atoms with E-state index in [4.69, 9.17) is 14.5 Å². The predicted octanol–water partition coefficient (Wildman–Crippen LogP) is 5.97. The lowest BCUT2D eigenvalue weighted by molar-refractivity contribution is 0.189. The van der Waals surface area contributed by atoms with E-state index >= 15 is 0 Å². The number of rotatable bonds is 6. The Morgan fingerprint density at radius 3 is 3.00 bits per heavy atom. The maximum atomic E-state index is 14.7. The second-order valence-corrected chi connectivity index (χ2v) is 9.92. The van der Waals surface area contributed by atoms with Gasteiger partial charge in [0.1, 0.15) is 17.4 Å². The molecule has 8 nitrogen and oxygen atoms in total. The van der Waals surface area contributed by atoms with E-state index in [1.165, 1.54) is 22.8 Å². The minimum Gasteiger partial charge on any atom is -0.496 e. The van der Waals surface area contributed by atoms with Gasteiger partial charge in [-0.15, -0.1) is 0 Å². The number of aromatic nitrogens is 5. The zero-order valence-corrected chi connectivity index (χ0v) is 21.4. The van der Waals surface area contributed by atoms with Crippen LogP contribution in [0.1, 0.15) is 42.4 Å². The van der Waals surface area contributed by atoms with E-state index in [9.17, 15) is 4.39 Å². The molecule has 39 heavy (non-hydrogen) atoms. The van der Waals surface area contributed by atoms with Crippen LogP contribution in [0.2, 0.25) is 0 Å². The molecule has 3 aliphatic rings. The van der Waals surface area contributed by atoms with Gasteiger partial charge in [-0.25, -0.2) is 9.37 Å². The highest BCUT2D eigenvalue weighted by Crippen LogP contribution is 2.41. The lowest BCUT2D eigenvalue weighted by Gasteiger charge is -2.31. The summed E-state index contributed by atoms with van der Waals surface area (Å²) in [5.41, 5.74) is 6.98. The number of methoxy groups -OCH3 is 1. The Morgan fingerprint density at radius 1 is 1.13 bits per heavy atom. The maximum absolute atomic E-state index is 14.7. The second-order valence-electron chi connectivity index (χ2n) is 9.92. The fourth-order valence-corrected chi connectivity index (χ4v) is 5.72. The first-order valence-electron chi connectivity index (χ1n) is 13.1. The summed E-state index contributed by atoms with van der Waals surface area (Å²) >= 11 is 0. The number of allylic oxidation sites excluding steroid dienone is 4. The molecule has 0 radical (unpaired) electrons. The van der Waals surface area contributed by atoms with Gasteiger partial charge in [-0.05, 0) is 72.4 Å². The van der Waals surface area contributed by atoms with Crippen LogP contribution in [0, 0.1) is 5.82 Å². The number of H-pyrrole nitrogens is 2. The second kappa shape index (κ2) is 9.67. The first-order valence-corrected chi connectivity index (χ1v) is 13.1. The van der Waals surface area contributed by atoms with Gasteiger partial charge < -0.3 is 9.47 Å². The summed E-state index contributed by atoms with van der Waals surface area (Å²) in [6.07, 6.45) is 12.4. The van der Waals surface area contributed by atoms with Crippen LogP contribution in [0.25, 0.3) is 27.9 Å². The van der Waals surface area contributed by atoms with Crippen molar-refractivity contribution in [3.05, 3.63) is 101 Å². The van der Waals surface area contributed by atoms with Gasteiger partial charge in [0, 0.05) is 29.6 Å². The molecule has 0 saturated heterocycles. The SMILES string of the molecule is COc1cccc(F)c1CN1CC=CC[C@@H]1c1nc(-c2ccc3[nH]nc(C4=C5C=COC=C5CC4)c3c2)n[nH]1. The van der Waals surface area contributed by atoms with Crippen molar-refractivity contribution in [3.8, 4) is 17.1 Å². The van der Waals surface area contributed by atoms with Crippen molar-refractivity contribution in [3.63, 3.8) is 0 Å². The fourth-order valence-electron chi connectivity index (χ4n) is 5.72. The zero-order valence-electron chi connectivity index (χ0n) is 21.4. The summed E-state index contributed by atoms with van der Waals surface area (Å²) in [4.78, 5) is 7.08. The van der Waals surface area contributed by atoms with Crippen molar-refractivity contribution in [2.24, 2.45) is 0 Å². The van der Waals surface area contributed by atoms with Crippen molar-refractivity contribution < 1.29 is 13.9 Å². The molecule has 7 rings (SSSR count). The quantitative estimate of drug-likeness (QED) is 0.303. The highest BCUT2D eigenvalue weighted by Gasteiger charge is 2.28. The standard InChI is InChI=1S/C30H27FN6O2/c1-38-27-7-4-5-24(31)23(27)16-37-13-3-2-6-26(37)30-32-29(35-36-30)18-9-11-25-22(15-18)28(34-33-25)21-10-8-19-17-39-14-12-20(19)21/h2-5,7,9,11-12,14-15,17,26H,6,8,10,13,16H2,1H3,(H,33,34)(H,32,35,36)/t26-/m1/s1. The van der Waals surface area contributed by atoms with Gasteiger partial charge >= 0.3 is 0 Å². The highest BCUT2D eigenvalue weighted by molar-refractivity contribution is 5.95. The molecular formula is C30H27FN6O2. The largest absolute Gasteiger partial charge is 0.496 e. The van der Waals surface area contributed by atoms with Gasteiger partial charge in [-0.3, -0.25) is 15.1 Å². The average Bonchev–Trinajstić information content (AvgIpc) is 3.72. The smallest absolute Gasteiger partial charge is 0.181 e. The molecular weight excluding hydrogens is 495 g/mol. The molecule has 9 heteroatoms. The number of halogens is 1. The van der Waals surface area contributed by atoms with E-state index in [1.807, 2.05) is 24.5 Å². The molecule has 0 spiro atoms. The minimum absolute atomic E-state index is 0.0651. The molecule has 1 atom stereocenters. The molecule has 4 heterocycles. The van der Waals surface area contributed by atoms with E-state index in [2.05, 4.69) is 43.5 Å². The molecule has 2 N–H and O–H groups in total. The third-order valence-electron chi connectivity index (χ3n) is 7.73. The van der Waals surface area contributed by atoms with Gasteiger partial charge in [0.25, 0.3) is 0 Å². The Hall–Kier alpha value is -4.50. The molecule has 0 saturated carbocycles. The molecule has 0 bridgehead atoms. The van der Waals surface area contributed by atoms with Gasteiger partial charge in [0.15, 0.2) is 5.82 Å². The number of ether oxygens (including phenoxy) is 2. The first kappa shape index (κ1) is 23.6. The zero-order chi connectivity index (χ0) is 26.3. The number of benzene rings is 2. The summed E-state index contributed by atoms with van der Waals surface area (Å²) in [5, 5.41) is 16.6. The van der Waals surface area contributed by atoms with Crippen molar-refractivity contribution in [1.29, 1.82) is 0 Å². The normalized spacial score (nSPS) is 18.9. The molecule has 2 aromatic heterocycles. The van der Waals surface area contributed by atoms with Crippen LogP contribution in [0.15, 0.2) is 78.3 Å². The van der Waals surface area contributed by atoms with Crippen LogP contribution in [0.3, 0.4) is 0 Å². The Bertz CT molecular complexity index is 1690. The Labute approximate surface area is 224 Å². The lowest BCUT2D eigenvalue weighted by atomic mass is 10.0. The number of fused-ring (bicyclic) bond motifs is 2. The number of nitrogens with one attached hydrogen (secondary N) is 2. The number of hydrogen-bond acceptors (Lipinski definition) is 6. The monoisotopic (exact) mass is 522 g/mol. The van der Waals surface area contributed by atoms with Crippen molar-refractivity contribution >= 4 is 16.5 Å². The molecule has 0 unspecified atom stereocenters. The van der Waals surface area contributed by atoms with Crippen LogP contribution in [0.5, 0.6) is 5.75 Å². The highest BCUT2D eigenvalue weighted by atomic mass is 19.1. The summed E-state index contributed by atoms with van der Waals surface area (Å²) in [6.45, 7) is 1.08. The molecule has 0 amide bonds. The van der Waals surface area contributed by atoms with Crippen molar-refractivity contribution in [1.82, 2.24) is 30.3 Å². The van der Waals surface area contributed by atoms with E-state index in [-0.39, 0.29) is 11.9 Å². The third kappa shape index (κ3) is 4.15. The van der Waals surface area contributed by atoms with Crippen LogP contribution < -0.4 is 4.74 Å². The van der Waals surface area contributed by atoms with Gasteiger partial charge in [-0.1, -0.05) is 18.2 Å². The molecule has 4 aromatic rings. The van der Waals surface area contributed by atoms with Crippen molar-refractivity contribution in [2.45, 2.75) is 31.8 Å². The lowest BCUT2D eigenvalue weighted by Crippen LogP contribution is -2.32. The van der Waals surface area contributed by atoms with Crippen LogP contribution in [0.4, 0.5) is 4.39 Å². The predicted molar refractivity (Wildman–Crippen MR) is 146 cm³/mol. The Balaban J connectivity index is 1.20. The van der Waals surface area contributed by atoms with Crippen LogP contribution in [-0.2, 0) is 11.3 Å². The Morgan fingerprint density at radius 2 is 2.08 bits per heavy atom. The van der Waals surface area contributed by atoms with E-state index in [1.54, 1.807) is 25.5 Å². The number of nitrogens with zero attached hydrogens (tertiary/aromatic N) is 4.